The molecule has 0 radical (unpaired) electrons. The average Bonchev–Trinajstić information content (AvgIpc) is 2.41. The first-order chi connectivity index (χ1) is 10.2. The first-order valence-corrected chi connectivity index (χ1v) is 6.90. The van der Waals surface area contributed by atoms with Gasteiger partial charge < -0.3 is 4.74 Å². The second-order valence-corrected chi connectivity index (χ2v) is 5.29. The Morgan fingerprint density at radius 1 is 1.18 bits per heavy atom. The second-order valence-electron chi connectivity index (χ2n) is 4.48. The summed E-state index contributed by atoms with van der Waals surface area (Å²) in [4.78, 5) is 11.4. The van der Waals surface area contributed by atoms with E-state index in [2.05, 4.69) is 12.6 Å². The van der Waals surface area contributed by atoms with Crippen LogP contribution >= 0.6 is 24.2 Å². The molecule has 0 N–H and O–H groups in total. The van der Waals surface area contributed by atoms with Gasteiger partial charge in [-0.2, -0.15) is 13.2 Å². The maximum Gasteiger partial charge on any atom is 0.416 e. The Bertz CT molecular complexity index is 729. The normalized spacial score (nSPS) is 11.4. The fourth-order valence-electron chi connectivity index (χ4n) is 1.84. The van der Waals surface area contributed by atoms with E-state index in [1.54, 1.807) is 25.1 Å². The molecule has 0 atom stereocenters. The van der Waals surface area contributed by atoms with E-state index in [-0.39, 0.29) is 10.8 Å². The predicted molar refractivity (Wildman–Crippen MR) is 81.0 cm³/mol. The Morgan fingerprint density at radius 2 is 1.86 bits per heavy atom. The van der Waals surface area contributed by atoms with Crippen LogP contribution in [0.15, 0.2) is 36.4 Å². The van der Waals surface area contributed by atoms with E-state index in [0.29, 0.717) is 16.9 Å². The maximum atomic E-state index is 12.6. The smallest absolute Gasteiger partial charge is 0.416 e. The Labute approximate surface area is 135 Å². The third-order valence-electron chi connectivity index (χ3n) is 2.99. The molecule has 2 nitrogen and oxygen atoms in total. The maximum absolute atomic E-state index is 12.6. The molecule has 0 bridgehead atoms. The van der Waals surface area contributed by atoms with E-state index < -0.39 is 16.9 Å². The molecule has 0 fully saturated rings. The molecule has 2 aromatic carbocycles. The summed E-state index contributed by atoms with van der Waals surface area (Å²) >= 11 is 9.58. The highest BCUT2D eigenvalue weighted by atomic mass is 35.5. The van der Waals surface area contributed by atoms with Gasteiger partial charge in [0.1, 0.15) is 11.5 Å². The minimum atomic E-state index is -4.48. The van der Waals surface area contributed by atoms with Crippen molar-refractivity contribution in [1.29, 1.82) is 0 Å². The van der Waals surface area contributed by atoms with Crippen molar-refractivity contribution in [2.24, 2.45) is 0 Å². The Hall–Kier alpha value is -1.66. The van der Waals surface area contributed by atoms with Crippen molar-refractivity contribution in [3.8, 4) is 11.5 Å². The number of alkyl halides is 3. The Morgan fingerprint density at radius 3 is 2.41 bits per heavy atom. The molecule has 0 heterocycles. The van der Waals surface area contributed by atoms with E-state index >= 15 is 0 Å². The molecular formula is C15H10ClF3O2S. The van der Waals surface area contributed by atoms with Crippen LogP contribution in [-0.4, -0.2) is 5.12 Å². The van der Waals surface area contributed by atoms with Crippen LogP contribution in [0.2, 0.25) is 5.02 Å². The van der Waals surface area contributed by atoms with Crippen molar-refractivity contribution in [2.45, 2.75) is 13.1 Å². The number of hydrogen-bond donors (Lipinski definition) is 1. The fraction of sp³-hybridized carbons (Fsp3) is 0.133. The van der Waals surface area contributed by atoms with Crippen LogP contribution in [0.4, 0.5) is 13.2 Å². The third-order valence-corrected chi connectivity index (χ3v) is 3.53. The first-order valence-electron chi connectivity index (χ1n) is 6.07. The minimum absolute atomic E-state index is 0.0709. The Kier molecular flexibility index (Phi) is 4.72. The SMILES string of the molecule is Cc1c(Oc2ccc(C(F)(F)F)cc2Cl)cccc1C(=O)S. The molecule has 0 aliphatic rings. The molecule has 0 aliphatic carbocycles. The van der Waals surface area contributed by atoms with E-state index in [4.69, 9.17) is 16.3 Å². The largest absolute Gasteiger partial charge is 0.456 e. The summed E-state index contributed by atoms with van der Waals surface area (Å²) in [6.07, 6.45) is -4.48. The fourth-order valence-corrected chi connectivity index (χ4v) is 2.30. The zero-order valence-electron chi connectivity index (χ0n) is 11.2. The van der Waals surface area contributed by atoms with Crippen molar-refractivity contribution < 1.29 is 22.7 Å². The summed E-state index contributed by atoms with van der Waals surface area (Å²) in [5.41, 5.74) is 0.0168. The highest BCUT2D eigenvalue weighted by molar-refractivity contribution is 7.97. The van der Waals surface area contributed by atoms with Crippen molar-refractivity contribution in [3.05, 3.63) is 58.1 Å². The lowest BCUT2D eigenvalue weighted by Crippen LogP contribution is -2.04. The van der Waals surface area contributed by atoms with E-state index in [1.165, 1.54) is 0 Å². The van der Waals surface area contributed by atoms with Crippen LogP contribution in [0.3, 0.4) is 0 Å². The summed E-state index contributed by atoms with van der Waals surface area (Å²) in [6.45, 7) is 1.65. The quantitative estimate of drug-likeness (QED) is 0.739. The number of halogens is 4. The first kappa shape index (κ1) is 16.7. The molecule has 0 saturated heterocycles. The van der Waals surface area contributed by atoms with Gasteiger partial charge in [-0.15, -0.1) is 12.6 Å². The monoisotopic (exact) mass is 346 g/mol. The number of carbonyl (C=O) groups is 1. The second kappa shape index (κ2) is 6.22. The van der Waals surface area contributed by atoms with Crippen LogP contribution < -0.4 is 4.74 Å². The lowest BCUT2D eigenvalue weighted by Gasteiger charge is -2.13. The molecule has 0 amide bonds. The van der Waals surface area contributed by atoms with Gasteiger partial charge in [0.2, 0.25) is 5.12 Å². The molecule has 0 spiro atoms. The molecule has 22 heavy (non-hydrogen) atoms. The van der Waals surface area contributed by atoms with Gasteiger partial charge >= 0.3 is 6.18 Å². The van der Waals surface area contributed by atoms with Gasteiger partial charge in [0.25, 0.3) is 0 Å². The molecule has 2 rings (SSSR count). The van der Waals surface area contributed by atoms with E-state index in [9.17, 15) is 18.0 Å². The lowest BCUT2D eigenvalue weighted by atomic mass is 10.1. The third kappa shape index (κ3) is 3.56. The molecule has 0 aromatic heterocycles. The summed E-state index contributed by atoms with van der Waals surface area (Å²) in [5.74, 6) is 0.392. The van der Waals surface area contributed by atoms with E-state index in [1.807, 2.05) is 0 Å². The average molecular weight is 347 g/mol. The molecular weight excluding hydrogens is 337 g/mol. The van der Waals surface area contributed by atoms with Gasteiger partial charge in [0.05, 0.1) is 10.6 Å². The number of carbonyl (C=O) groups excluding carboxylic acids is 1. The number of hydrogen-bond acceptors (Lipinski definition) is 2. The molecule has 0 saturated carbocycles. The van der Waals surface area contributed by atoms with E-state index in [0.717, 1.165) is 18.2 Å². The zero-order chi connectivity index (χ0) is 16.5. The zero-order valence-corrected chi connectivity index (χ0v) is 12.9. The molecule has 116 valence electrons. The highest BCUT2D eigenvalue weighted by Crippen LogP contribution is 2.37. The van der Waals surface area contributed by atoms with Crippen LogP contribution in [0.25, 0.3) is 0 Å². The minimum Gasteiger partial charge on any atom is -0.456 e. The van der Waals surface area contributed by atoms with Gasteiger partial charge in [-0.1, -0.05) is 17.7 Å². The van der Waals surface area contributed by atoms with Crippen molar-refractivity contribution in [3.63, 3.8) is 0 Å². The van der Waals surface area contributed by atoms with Crippen LogP contribution in [-0.2, 0) is 6.18 Å². The van der Waals surface area contributed by atoms with Crippen molar-refractivity contribution >= 4 is 29.3 Å². The lowest BCUT2D eigenvalue weighted by molar-refractivity contribution is -0.137. The predicted octanol–water partition coefficient (Wildman–Crippen LogP) is 5.53. The molecule has 2 aromatic rings. The van der Waals surface area contributed by atoms with Crippen molar-refractivity contribution in [1.82, 2.24) is 0 Å². The standard InChI is InChI=1S/C15H10ClF3O2S/c1-8-10(14(20)22)3-2-4-12(8)21-13-6-5-9(7-11(13)16)15(17,18)19/h2-7H,1H3,(H,20,22). The van der Waals surface area contributed by atoms with Gasteiger partial charge in [0.15, 0.2) is 0 Å². The Balaban J connectivity index is 2.36. The summed E-state index contributed by atoms with van der Waals surface area (Å²) < 4.78 is 43.3. The van der Waals surface area contributed by atoms with Gasteiger partial charge in [-0.3, -0.25) is 4.79 Å². The summed E-state index contributed by atoms with van der Waals surface area (Å²) in [5, 5.41) is -0.599. The van der Waals surface area contributed by atoms with Crippen molar-refractivity contribution in [2.75, 3.05) is 0 Å². The van der Waals surface area contributed by atoms with Gasteiger partial charge in [-0.25, -0.2) is 0 Å². The van der Waals surface area contributed by atoms with Crippen LogP contribution in [0, 0.1) is 6.92 Å². The van der Waals surface area contributed by atoms with Crippen LogP contribution in [0.1, 0.15) is 21.5 Å². The number of thiol groups is 1. The molecule has 0 aliphatic heterocycles. The van der Waals surface area contributed by atoms with Gasteiger partial charge in [-0.05, 0) is 37.3 Å². The van der Waals surface area contributed by atoms with Crippen LogP contribution in [0.5, 0.6) is 11.5 Å². The topological polar surface area (TPSA) is 26.3 Å². The molecule has 0 unspecified atom stereocenters. The number of ether oxygens (including phenoxy) is 1. The highest BCUT2D eigenvalue weighted by Gasteiger charge is 2.31. The number of benzene rings is 2. The van der Waals surface area contributed by atoms with Gasteiger partial charge in [0, 0.05) is 11.1 Å². The molecule has 7 heteroatoms. The summed E-state index contributed by atoms with van der Waals surface area (Å²) in [6, 6.07) is 7.56. The number of rotatable bonds is 3. The summed E-state index contributed by atoms with van der Waals surface area (Å²) in [7, 11) is 0.